The fourth-order valence-corrected chi connectivity index (χ4v) is 5.15. The van der Waals surface area contributed by atoms with Crippen molar-refractivity contribution in [2.24, 2.45) is 10.7 Å². The van der Waals surface area contributed by atoms with Gasteiger partial charge in [-0.3, -0.25) is 0 Å². The number of aliphatic imine (C=N–C) groups is 1. The van der Waals surface area contributed by atoms with Gasteiger partial charge in [0.2, 0.25) is 0 Å². The van der Waals surface area contributed by atoms with Crippen molar-refractivity contribution in [2.45, 2.75) is 64.5 Å². The van der Waals surface area contributed by atoms with Crippen LogP contribution in [-0.2, 0) is 11.2 Å². The van der Waals surface area contributed by atoms with Crippen LogP contribution in [0.4, 0.5) is 16.2 Å². The minimum atomic E-state index is -0.454. The third kappa shape index (κ3) is 5.44. The Balaban J connectivity index is 1.47. The molecule has 1 amide bonds. The minimum Gasteiger partial charge on any atom is -0.444 e. The fraction of sp³-hybridized carbons (Fsp3) is 0.520. The number of aryl methyl sites for hydroxylation is 1. The molecule has 1 fully saturated rings. The van der Waals surface area contributed by atoms with Gasteiger partial charge in [-0.25, -0.2) is 9.79 Å². The lowest BCUT2D eigenvalue weighted by Crippen LogP contribution is -2.48. The standard InChI is InChI=1S/C25H34N4O2S/c1-25(2,3)31-24(30)28-14-11-20(12-15-28)29-13-5-4-7-18-17-19(9-10-21(18)29)27-23(26)22-8-6-16-32-22/h6,8-10,16-17,20H,4-5,7,11-15H2,1-3H3,(H2,26,27). The number of carbonyl (C=O) groups excluding carboxylic acids is 1. The highest BCUT2D eigenvalue weighted by Crippen LogP contribution is 2.34. The number of anilines is 1. The highest BCUT2D eigenvalue weighted by atomic mass is 32.1. The molecule has 1 aromatic carbocycles. The largest absolute Gasteiger partial charge is 0.444 e. The highest BCUT2D eigenvalue weighted by molar-refractivity contribution is 7.12. The Morgan fingerprint density at radius 1 is 1.16 bits per heavy atom. The van der Waals surface area contributed by atoms with Crippen LogP contribution < -0.4 is 10.6 Å². The third-order valence-corrected chi connectivity index (χ3v) is 6.94. The molecule has 0 bridgehead atoms. The Kier molecular flexibility index (Phi) is 6.74. The normalized spacial score (nSPS) is 18.3. The van der Waals surface area contributed by atoms with Crippen molar-refractivity contribution in [1.29, 1.82) is 0 Å². The van der Waals surface area contributed by atoms with Crippen LogP contribution >= 0.6 is 11.3 Å². The van der Waals surface area contributed by atoms with Gasteiger partial charge in [-0.2, -0.15) is 0 Å². The van der Waals surface area contributed by atoms with Gasteiger partial charge in [0.15, 0.2) is 0 Å². The summed E-state index contributed by atoms with van der Waals surface area (Å²) in [6.45, 7) is 8.29. The van der Waals surface area contributed by atoms with E-state index in [-0.39, 0.29) is 6.09 Å². The zero-order valence-electron chi connectivity index (χ0n) is 19.3. The number of nitrogens with zero attached hydrogens (tertiary/aromatic N) is 3. The van der Waals surface area contributed by atoms with Crippen LogP contribution in [0.2, 0.25) is 0 Å². The SMILES string of the molecule is CC(C)(C)OC(=O)N1CCC(N2CCCCc3cc(N=C(N)c4cccs4)ccc32)CC1. The molecule has 2 aliphatic rings. The van der Waals surface area contributed by atoms with Gasteiger partial charge in [0, 0.05) is 31.4 Å². The molecule has 172 valence electrons. The molecule has 2 aliphatic heterocycles. The van der Waals surface area contributed by atoms with Gasteiger partial charge in [-0.05, 0) is 88.1 Å². The molecule has 4 rings (SSSR count). The third-order valence-electron chi connectivity index (χ3n) is 6.05. The summed E-state index contributed by atoms with van der Waals surface area (Å²) in [6.07, 6.45) is 5.14. The van der Waals surface area contributed by atoms with Crippen LogP contribution in [0.1, 0.15) is 56.9 Å². The molecule has 6 nitrogen and oxygen atoms in total. The van der Waals surface area contributed by atoms with E-state index in [1.54, 1.807) is 11.3 Å². The molecule has 0 aliphatic carbocycles. The van der Waals surface area contributed by atoms with Gasteiger partial charge >= 0.3 is 6.09 Å². The lowest BCUT2D eigenvalue weighted by atomic mass is 10.0. The number of likely N-dealkylation sites (tertiary alicyclic amines) is 1. The average Bonchev–Trinajstić information content (AvgIpc) is 3.21. The molecule has 2 aromatic rings. The molecule has 0 radical (unpaired) electrons. The van der Waals surface area contributed by atoms with Crippen molar-refractivity contribution in [2.75, 3.05) is 24.5 Å². The summed E-state index contributed by atoms with van der Waals surface area (Å²) < 4.78 is 5.56. The number of ether oxygens (including phenoxy) is 1. The van der Waals surface area contributed by atoms with E-state index in [1.807, 2.05) is 43.2 Å². The topological polar surface area (TPSA) is 71.2 Å². The van der Waals surface area contributed by atoms with Gasteiger partial charge in [0.1, 0.15) is 11.4 Å². The van der Waals surface area contributed by atoms with Crippen molar-refractivity contribution in [3.05, 3.63) is 46.2 Å². The highest BCUT2D eigenvalue weighted by Gasteiger charge is 2.31. The van der Waals surface area contributed by atoms with Gasteiger partial charge in [-0.15, -0.1) is 11.3 Å². The van der Waals surface area contributed by atoms with Gasteiger partial charge in [0.25, 0.3) is 0 Å². The molecule has 32 heavy (non-hydrogen) atoms. The first-order valence-electron chi connectivity index (χ1n) is 11.6. The summed E-state index contributed by atoms with van der Waals surface area (Å²) in [4.78, 5) is 22.5. The number of hydrogen-bond donors (Lipinski definition) is 1. The van der Waals surface area contributed by atoms with E-state index in [1.165, 1.54) is 24.1 Å². The van der Waals surface area contributed by atoms with E-state index < -0.39 is 5.60 Å². The molecular formula is C25H34N4O2S. The quantitative estimate of drug-likeness (QED) is 0.503. The Morgan fingerprint density at radius 3 is 2.62 bits per heavy atom. The smallest absolute Gasteiger partial charge is 0.410 e. The number of piperidine rings is 1. The number of thiophene rings is 1. The number of carbonyl (C=O) groups is 1. The van der Waals surface area contributed by atoms with Gasteiger partial charge < -0.3 is 20.3 Å². The van der Waals surface area contributed by atoms with Gasteiger partial charge in [-0.1, -0.05) is 6.07 Å². The molecule has 1 saturated heterocycles. The number of amides is 1. The number of rotatable bonds is 3. The number of nitrogens with two attached hydrogens (primary N) is 1. The molecule has 2 N–H and O–H groups in total. The molecule has 0 atom stereocenters. The summed E-state index contributed by atoms with van der Waals surface area (Å²) in [5.74, 6) is 0.569. The maximum atomic E-state index is 12.4. The Morgan fingerprint density at radius 2 is 1.94 bits per heavy atom. The molecule has 0 saturated carbocycles. The zero-order chi connectivity index (χ0) is 22.7. The zero-order valence-corrected chi connectivity index (χ0v) is 20.2. The van der Waals surface area contributed by atoms with Crippen molar-refractivity contribution in [3.63, 3.8) is 0 Å². The van der Waals surface area contributed by atoms with Crippen molar-refractivity contribution in [1.82, 2.24) is 4.90 Å². The number of hydrogen-bond acceptors (Lipinski definition) is 5. The molecule has 3 heterocycles. The molecule has 7 heteroatoms. The first kappa shape index (κ1) is 22.6. The predicted molar refractivity (Wildman–Crippen MR) is 132 cm³/mol. The van der Waals surface area contributed by atoms with Crippen LogP contribution in [0, 0.1) is 0 Å². The first-order valence-corrected chi connectivity index (χ1v) is 12.4. The average molecular weight is 455 g/mol. The van der Waals surface area contributed by atoms with E-state index in [2.05, 4.69) is 28.1 Å². The lowest BCUT2D eigenvalue weighted by Gasteiger charge is -2.40. The van der Waals surface area contributed by atoms with Gasteiger partial charge in [0.05, 0.1) is 10.6 Å². The Hall–Kier alpha value is -2.54. The van der Waals surface area contributed by atoms with Crippen LogP contribution in [-0.4, -0.2) is 48.1 Å². The lowest BCUT2D eigenvalue weighted by molar-refractivity contribution is 0.0204. The van der Waals surface area contributed by atoms with Crippen LogP contribution in [0.15, 0.2) is 40.7 Å². The number of amidine groups is 1. The van der Waals surface area contributed by atoms with E-state index in [0.717, 1.165) is 49.5 Å². The van der Waals surface area contributed by atoms with Crippen LogP contribution in [0.3, 0.4) is 0 Å². The summed E-state index contributed by atoms with van der Waals surface area (Å²) >= 11 is 1.61. The van der Waals surface area contributed by atoms with E-state index in [4.69, 9.17) is 10.5 Å². The van der Waals surface area contributed by atoms with Crippen molar-refractivity contribution >= 4 is 34.6 Å². The molecule has 0 unspecified atom stereocenters. The Bertz CT molecular complexity index is 957. The maximum Gasteiger partial charge on any atom is 0.410 e. The second kappa shape index (κ2) is 9.53. The Labute approximate surface area is 195 Å². The molecular weight excluding hydrogens is 420 g/mol. The second-order valence-corrected chi connectivity index (χ2v) is 10.6. The second-order valence-electron chi connectivity index (χ2n) is 9.64. The maximum absolute atomic E-state index is 12.4. The monoisotopic (exact) mass is 454 g/mol. The summed E-state index contributed by atoms with van der Waals surface area (Å²) in [6, 6.07) is 10.9. The van der Waals surface area contributed by atoms with Crippen molar-refractivity contribution < 1.29 is 9.53 Å². The number of fused-ring (bicyclic) bond motifs is 1. The summed E-state index contributed by atoms with van der Waals surface area (Å²) in [7, 11) is 0. The number of benzene rings is 1. The summed E-state index contributed by atoms with van der Waals surface area (Å²) in [5.41, 5.74) is 9.32. The first-order chi connectivity index (χ1) is 15.3. The minimum absolute atomic E-state index is 0.196. The molecule has 1 aromatic heterocycles. The predicted octanol–water partition coefficient (Wildman–Crippen LogP) is 5.33. The van der Waals surface area contributed by atoms with Crippen molar-refractivity contribution in [3.8, 4) is 0 Å². The van der Waals surface area contributed by atoms with E-state index >= 15 is 0 Å². The fourth-order valence-electron chi connectivity index (χ4n) is 4.52. The van der Waals surface area contributed by atoms with Crippen LogP contribution in [0.5, 0.6) is 0 Å². The summed E-state index contributed by atoms with van der Waals surface area (Å²) in [5, 5.41) is 2.01. The molecule has 0 spiro atoms. The van der Waals surface area contributed by atoms with E-state index in [9.17, 15) is 4.79 Å². The van der Waals surface area contributed by atoms with Crippen LogP contribution in [0.25, 0.3) is 0 Å². The van der Waals surface area contributed by atoms with E-state index in [0.29, 0.717) is 11.9 Å².